The van der Waals surface area contributed by atoms with Crippen LogP contribution in [0.2, 0.25) is 0 Å². The van der Waals surface area contributed by atoms with Crippen molar-refractivity contribution in [2.24, 2.45) is 0 Å². The van der Waals surface area contributed by atoms with Gasteiger partial charge < -0.3 is 0 Å². The zero-order valence-electron chi connectivity index (χ0n) is 12.7. The van der Waals surface area contributed by atoms with Gasteiger partial charge in [-0.15, -0.1) is 5.10 Å². The van der Waals surface area contributed by atoms with Crippen LogP contribution in [0.4, 0.5) is 5.95 Å². The molecular formula is C18H16N4O. The van der Waals surface area contributed by atoms with E-state index >= 15 is 0 Å². The Morgan fingerprint density at radius 2 is 1.83 bits per heavy atom. The molecule has 1 amide bonds. The number of rotatable bonds is 4. The van der Waals surface area contributed by atoms with Crippen LogP contribution in [-0.4, -0.2) is 21.1 Å². The van der Waals surface area contributed by atoms with Crippen LogP contribution in [0.25, 0.3) is 17.5 Å². The van der Waals surface area contributed by atoms with Crippen LogP contribution < -0.4 is 5.32 Å². The van der Waals surface area contributed by atoms with E-state index in [0.29, 0.717) is 5.82 Å². The van der Waals surface area contributed by atoms with E-state index in [2.05, 4.69) is 20.5 Å². The summed E-state index contributed by atoms with van der Waals surface area (Å²) in [5.41, 5.74) is 3.06. The first-order chi connectivity index (χ1) is 11.2. The van der Waals surface area contributed by atoms with Crippen LogP contribution >= 0.6 is 0 Å². The average molecular weight is 304 g/mol. The van der Waals surface area contributed by atoms with Crippen LogP contribution in [0.3, 0.4) is 0 Å². The summed E-state index contributed by atoms with van der Waals surface area (Å²) in [7, 11) is 0. The number of nitrogens with one attached hydrogen (secondary N) is 2. The van der Waals surface area contributed by atoms with Crippen LogP contribution in [0.5, 0.6) is 0 Å². The topological polar surface area (TPSA) is 70.7 Å². The highest BCUT2D eigenvalue weighted by atomic mass is 16.1. The van der Waals surface area contributed by atoms with Gasteiger partial charge in [0.25, 0.3) is 5.91 Å². The van der Waals surface area contributed by atoms with Crippen molar-refractivity contribution in [2.45, 2.75) is 6.92 Å². The Balaban J connectivity index is 1.64. The van der Waals surface area contributed by atoms with Crippen molar-refractivity contribution in [3.8, 4) is 11.4 Å². The Hall–Kier alpha value is -3.21. The lowest BCUT2D eigenvalue weighted by Crippen LogP contribution is -2.09. The maximum atomic E-state index is 11.9. The number of carbonyl (C=O) groups excluding carboxylic acids is 1. The summed E-state index contributed by atoms with van der Waals surface area (Å²) in [5, 5.41) is 9.44. The van der Waals surface area contributed by atoms with Gasteiger partial charge in [0.2, 0.25) is 5.95 Å². The quantitative estimate of drug-likeness (QED) is 0.725. The van der Waals surface area contributed by atoms with Gasteiger partial charge in [0, 0.05) is 11.6 Å². The second kappa shape index (κ2) is 6.70. The number of carbonyl (C=O) groups is 1. The van der Waals surface area contributed by atoms with Crippen molar-refractivity contribution in [3.05, 3.63) is 71.8 Å². The van der Waals surface area contributed by atoms with Crippen molar-refractivity contribution in [3.63, 3.8) is 0 Å². The van der Waals surface area contributed by atoms with Crippen molar-refractivity contribution in [2.75, 3.05) is 5.32 Å². The Kier molecular flexibility index (Phi) is 4.29. The van der Waals surface area contributed by atoms with Crippen LogP contribution in [-0.2, 0) is 4.79 Å². The van der Waals surface area contributed by atoms with Gasteiger partial charge in [-0.1, -0.05) is 60.2 Å². The predicted octanol–water partition coefficient (Wildman–Crippen LogP) is 3.43. The monoisotopic (exact) mass is 304 g/mol. The SMILES string of the molecule is Cc1ccc(/C=C/C(=O)Nc2n[nH]c(-c3ccccc3)n2)cc1. The zero-order valence-corrected chi connectivity index (χ0v) is 12.7. The Labute approximate surface area is 134 Å². The number of anilines is 1. The minimum absolute atomic E-state index is 0.252. The molecule has 0 spiro atoms. The standard InChI is InChI=1S/C18H16N4O/c1-13-7-9-14(10-8-13)11-12-16(23)19-18-20-17(21-22-18)15-5-3-2-4-6-15/h2-12H,1H3,(H2,19,20,21,22,23)/b12-11+. The largest absolute Gasteiger partial charge is 0.290 e. The second-order valence-corrected chi connectivity index (χ2v) is 5.11. The number of aryl methyl sites for hydroxylation is 1. The Bertz CT molecular complexity index is 820. The highest BCUT2D eigenvalue weighted by Gasteiger charge is 2.06. The molecule has 2 N–H and O–H groups in total. The molecule has 0 fully saturated rings. The maximum Gasteiger partial charge on any atom is 0.250 e. The molecule has 0 unspecified atom stereocenters. The molecule has 0 saturated carbocycles. The number of aromatic amines is 1. The molecule has 3 aromatic rings. The molecule has 0 saturated heterocycles. The molecule has 0 aliphatic rings. The Morgan fingerprint density at radius 3 is 2.57 bits per heavy atom. The smallest absolute Gasteiger partial charge is 0.250 e. The molecule has 5 heteroatoms. The van der Waals surface area contributed by atoms with Gasteiger partial charge in [-0.25, -0.2) is 0 Å². The molecule has 2 aromatic carbocycles. The van der Waals surface area contributed by atoms with E-state index in [1.54, 1.807) is 6.08 Å². The van der Waals surface area contributed by atoms with Crippen molar-refractivity contribution < 1.29 is 4.79 Å². The minimum atomic E-state index is -0.274. The van der Waals surface area contributed by atoms with Crippen molar-refractivity contribution in [1.82, 2.24) is 15.2 Å². The molecular weight excluding hydrogens is 288 g/mol. The first kappa shape index (κ1) is 14.7. The van der Waals surface area contributed by atoms with Gasteiger partial charge in [-0.05, 0) is 18.6 Å². The number of hydrogen-bond donors (Lipinski definition) is 2. The Morgan fingerprint density at radius 1 is 1.09 bits per heavy atom. The van der Waals surface area contributed by atoms with E-state index < -0.39 is 0 Å². The summed E-state index contributed by atoms with van der Waals surface area (Å²) < 4.78 is 0. The molecule has 5 nitrogen and oxygen atoms in total. The molecule has 0 radical (unpaired) electrons. The second-order valence-electron chi connectivity index (χ2n) is 5.11. The summed E-state index contributed by atoms with van der Waals surface area (Å²) in [6, 6.07) is 17.5. The lowest BCUT2D eigenvalue weighted by atomic mass is 10.1. The highest BCUT2D eigenvalue weighted by Crippen LogP contribution is 2.14. The van der Waals surface area contributed by atoms with Gasteiger partial charge in [-0.3, -0.25) is 15.2 Å². The molecule has 0 atom stereocenters. The number of hydrogen-bond acceptors (Lipinski definition) is 3. The van der Waals surface area contributed by atoms with E-state index in [4.69, 9.17) is 0 Å². The molecule has 23 heavy (non-hydrogen) atoms. The fourth-order valence-corrected chi connectivity index (χ4v) is 2.04. The minimum Gasteiger partial charge on any atom is -0.290 e. The third-order valence-electron chi connectivity index (χ3n) is 3.27. The summed E-state index contributed by atoms with van der Waals surface area (Å²) in [5.74, 6) is 0.593. The molecule has 0 bridgehead atoms. The molecule has 3 rings (SSSR count). The van der Waals surface area contributed by atoms with Crippen molar-refractivity contribution in [1.29, 1.82) is 0 Å². The van der Waals surface area contributed by atoms with Crippen LogP contribution in [0.15, 0.2) is 60.7 Å². The first-order valence-corrected chi connectivity index (χ1v) is 7.24. The maximum absolute atomic E-state index is 11.9. The average Bonchev–Trinajstić information content (AvgIpc) is 3.04. The predicted molar refractivity (Wildman–Crippen MR) is 90.7 cm³/mol. The van der Waals surface area contributed by atoms with E-state index in [1.165, 1.54) is 11.6 Å². The van der Waals surface area contributed by atoms with E-state index in [-0.39, 0.29) is 11.9 Å². The number of amides is 1. The van der Waals surface area contributed by atoms with Crippen LogP contribution in [0, 0.1) is 6.92 Å². The summed E-state index contributed by atoms with van der Waals surface area (Å²) in [4.78, 5) is 16.2. The molecule has 0 aliphatic heterocycles. The number of benzene rings is 2. The summed E-state index contributed by atoms with van der Waals surface area (Å²) in [6.07, 6.45) is 3.21. The van der Waals surface area contributed by atoms with Gasteiger partial charge in [0.1, 0.15) is 0 Å². The molecule has 114 valence electrons. The van der Waals surface area contributed by atoms with Gasteiger partial charge >= 0.3 is 0 Å². The van der Waals surface area contributed by atoms with E-state index in [0.717, 1.165) is 11.1 Å². The van der Waals surface area contributed by atoms with E-state index in [9.17, 15) is 4.79 Å². The number of H-pyrrole nitrogens is 1. The fourth-order valence-electron chi connectivity index (χ4n) is 2.04. The van der Waals surface area contributed by atoms with Gasteiger partial charge in [0.05, 0.1) is 0 Å². The molecule has 1 aromatic heterocycles. The van der Waals surface area contributed by atoms with Crippen LogP contribution in [0.1, 0.15) is 11.1 Å². The number of aromatic nitrogens is 3. The fraction of sp³-hybridized carbons (Fsp3) is 0.0556. The number of nitrogens with zero attached hydrogens (tertiary/aromatic N) is 2. The molecule has 1 heterocycles. The third kappa shape index (κ3) is 3.91. The highest BCUT2D eigenvalue weighted by molar-refractivity contribution is 6.00. The normalized spacial score (nSPS) is 10.8. The van der Waals surface area contributed by atoms with E-state index in [1.807, 2.05) is 61.5 Å². The lowest BCUT2D eigenvalue weighted by molar-refractivity contribution is -0.111. The van der Waals surface area contributed by atoms with Gasteiger partial charge in [-0.2, -0.15) is 4.98 Å². The molecule has 0 aliphatic carbocycles. The summed E-state index contributed by atoms with van der Waals surface area (Å²) >= 11 is 0. The van der Waals surface area contributed by atoms with Crippen molar-refractivity contribution >= 4 is 17.9 Å². The first-order valence-electron chi connectivity index (χ1n) is 7.24. The zero-order chi connectivity index (χ0) is 16.1. The third-order valence-corrected chi connectivity index (χ3v) is 3.27. The van der Waals surface area contributed by atoms with Gasteiger partial charge in [0.15, 0.2) is 5.82 Å². The lowest BCUT2D eigenvalue weighted by Gasteiger charge is -1.96. The summed E-state index contributed by atoms with van der Waals surface area (Å²) in [6.45, 7) is 2.02.